The molecule has 0 bridgehead atoms. The normalized spacial score (nSPS) is 10.5. The number of nitrogens with one attached hydrogen (secondary N) is 1. The molecule has 0 unspecified atom stereocenters. The Balaban J connectivity index is 2.97. The molecule has 22 heavy (non-hydrogen) atoms. The van der Waals surface area contributed by atoms with E-state index in [0.717, 1.165) is 11.3 Å². The Morgan fingerprint density at radius 3 is 2.59 bits per heavy atom. The largest absolute Gasteiger partial charge is 0.360 e. The van der Waals surface area contributed by atoms with Crippen molar-refractivity contribution in [1.82, 2.24) is 4.90 Å². The molecule has 114 valence electrons. The Morgan fingerprint density at radius 1 is 1.41 bits per heavy atom. The standard InChI is InChI=1S/C17H18ClN3O/c1-4-9-21(10-5-2)17(22)14(11-19)12-20-16-8-6-7-15(18)13(16)3/h4-8,12,20H,1-2,9-10H2,3H3/b14-12-. The number of anilines is 1. The third-order valence-corrected chi connectivity index (χ3v) is 3.39. The van der Waals surface area contributed by atoms with Crippen LogP contribution in [0.25, 0.3) is 0 Å². The van der Waals surface area contributed by atoms with Gasteiger partial charge >= 0.3 is 0 Å². The summed E-state index contributed by atoms with van der Waals surface area (Å²) < 4.78 is 0. The predicted octanol–water partition coefficient (Wildman–Crippen LogP) is 3.67. The zero-order valence-corrected chi connectivity index (χ0v) is 13.2. The van der Waals surface area contributed by atoms with Gasteiger partial charge in [-0.25, -0.2) is 0 Å². The van der Waals surface area contributed by atoms with Crippen LogP contribution < -0.4 is 5.32 Å². The van der Waals surface area contributed by atoms with Crippen LogP contribution in [0.1, 0.15) is 5.56 Å². The van der Waals surface area contributed by atoms with Gasteiger partial charge < -0.3 is 10.2 Å². The van der Waals surface area contributed by atoms with E-state index in [1.165, 1.54) is 11.1 Å². The Kier molecular flexibility index (Phi) is 6.94. The zero-order chi connectivity index (χ0) is 16.5. The van der Waals surface area contributed by atoms with Crippen molar-refractivity contribution >= 4 is 23.2 Å². The van der Waals surface area contributed by atoms with Crippen LogP contribution in [0, 0.1) is 18.3 Å². The number of halogens is 1. The van der Waals surface area contributed by atoms with Crippen molar-refractivity contribution in [3.8, 4) is 6.07 Å². The molecule has 0 aliphatic heterocycles. The summed E-state index contributed by atoms with van der Waals surface area (Å²) in [7, 11) is 0. The molecule has 0 aliphatic rings. The van der Waals surface area contributed by atoms with Crippen LogP contribution in [-0.2, 0) is 4.79 Å². The van der Waals surface area contributed by atoms with Crippen molar-refractivity contribution in [2.45, 2.75) is 6.92 Å². The molecule has 0 saturated heterocycles. The van der Waals surface area contributed by atoms with Crippen molar-refractivity contribution in [2.75, 3.05) is 18.4 Å². The molecule has 1 amide bonds. The fourth-order valence-electron chi connectivity index (χ4n) is 1.78. The van der Waals surface area contributed by atoms with Gasteiger partial charge in [-0.3, -0.25) is 4.79 Å². The van der Waals surface area contributed by atoms with E-state index in [0.29, 0.717) is 18.1 Å². The first-order chi connectivity index (χ1) is 10.5. The number of amides is 1. The summed E-state index contributed by atoms with van der Waals surface area (Å²) in [6.45, 7) is 9.76. The second kappa shape index (κ2) is 8.71. The highest BCUT2D eigenvalue weighted by molar-refractivity contribution is 6.31. The van der Waals surface area contributed by atoms with Gasteiger partial charge in [-0.15, -0.1) is 13.2 Å². The minimum Gasteiger partial charge on any atom is -0.360 e. The van der Waals surface area contributed by atoms with Gasteiger partial charge in [0, 0.05) is 30.0 Å². The topological polar surface area (TPSA) is 56.1 Å². The van der Waals surface area contributed by atoms with Crippen LogP contribution >= 0.6 is 11.6 Å². The van der Waals surface area contributed by atoms with Crippen LogP contribution in [0.5, 0.6) is 0 Å². The van der Waals surface area contributed by atoms with Gasteiger partial charge in [0.15, 0.2) is 0 Å². The maximum atomic E-state index is 12.3. The summed E-state index contributed by atoms with van der Waals surface area (Å²) in [6.07, 6.45) is 4.59. The van der Waals surface area contributed by atoms with E-state index >= 15 is 0 Å². The Hall–Kier alpha value is -2.51. The highest BCUT2D eigenvalue weighted by Crippen LogP contribution is 2.23. The molecule has 0 aliphatic carbocycles. The van der Waals surface area contributed by atoms with Crippen molar-refractivity contribution in [3.63, 3.8) is 0 Å². The van der Waals surface area contributed by atoms with E-state index < -0.39 is 0 Å². The van der Waals surface area contributed by atoms with Gasteiger partial charge in [0.05, 0.1) is 0 Å². The molecule has 0 spiro atoms. The number of hydrogen-bond acceptors (Lipinski definition) is 3. The smallest absolute Gasteiger partial charge is 0.266 e. The fourth-order valence-corrected chi connectivity index (χ4v) is 1.95. The summed E-state index contributed by atoms with van der Waals surface area (Å²) in [6, 6.07) is 7.30. The highest BCUT2D eigenvalue weighted by Gasteiger charge is 2.16. The second-order valence-corrected chi connectivity index (χ2v) is 4.92. The summed E-state index contributed by atoms with van der Waals surface area (Å²) in [5, 5.41) is 12.8. The molecule has 0 atom stereocenters. The Morgan fingerprint density at radius 2 is 2.05 bits per heavy atom. The average molecular weight is 316 g/mol. The van der Waals surface area contributed by atoms with Crippen LogP contribution in [0.15, 0.2) is 55.3 Å². The predicted molar refractivity (Wildman–Crippen MR) is 90.5 cm³/mol. The van der Waals surface area contributed by atoms with Gasteiger partial charge in [0.1, 0.15) is 11.6 Å². The molecule has 4 nitrogen and oxygen atoms in total. The van der Waals surface area contributed by atoms with E-state index in [-0.39, 0.29) is 11.5 Å². The molecular formula is C17H18ClN3O. The number of nitrogens with zero attached hydrogens (tertiary/aromatic N) is 2. The first kappa shape index (κ1) is 17.5. The molecule has 1 aromatic rings. The molecular weight excluding hydrogens is 298 g/mol. The molecule has 0 radical (unpaired) electrons. The van der Waals surface area contributed by atoms with E-state index in [4.69, 9.17) is 11.6 Å². The van der Waals surface area contributed by atoms with Crippen LogP contribution in [0.4, 0.5) is 5.69 Å². The van der Waals surface area contributed by atoms with Crippen molar-refractivity contribution < 1.29 is 4.79 Å². The monoisotopic (exact) mass is 315 g/mol. The number of hydrogen-bond donors (Lipinski definition) is 1. The molecule has 0 saturated carbocycles. The van der Waals surface area contributed by atoms with E-state index in [1.807, 2.05) is 19.1 Å². The maximum absolute atomic E-state index is 12.3. The molecule has 1 N–H and O–H groups in total. The third kappa shape index (κ3) is 4.51. The first-order valence-electron chi connectivity index (χ1n) is 6.68. The second-order valence-electron chi connectivity index (χ2n) is 4.51. The summed E-state index contributed by atoms with van der Waals surface area (Å²) in [5.41, 5.74) is 1.59. The Labute approximate surface area is 136 Å². The average Bonchev–Trinajstić information content (AvgIpc) is 2.51. The van der Waals surface area contributed by atoms with E-state index in [2.05, 4.69) is 18.5 Å². The van der Waals surface area contributed by atoms with E-state index in [9.17, 15) is 10.1 Å². The van der Waals surface area contributed by atoms with Crippen LogP contribution in [0.3, 0.4) is 0 Å². The lowest BCUT2D eigenvalue weighted by Crippen LogP contribution is -2.32. The fraction of sp³-hybridized carbons (Fsp3) is 0.176. The van der Waals surface area contributed by atoms with Gasteiger partial charge in [0.2, 0.25) is 0 Å². The lowest BCUT2D eigenvalue weighted by Gasteiger charge is -2.18. The molecule has 1 aromatic carbocycles. The maximum Gasteiger partial charge on any atom is 0.266 e. The number of nitriles is 1. The minimum absolute atomic E-state index is 0.00285. The van der Waals surface area contributed by atoms with Gasteiger partial charge in [-0.2, -0.15) is 5.26 Å². The van der Waals surface area contributed by atoms with Crippen molar-refractivity contribution in [1.29, 1.82) is 5.26 Å². The quantitative estimate of drug-likeness (QED) is 0.474. The van der Waals surface area contributed by atoms with Crippen LogP contribution in [0.2, 0.25) is 5.02 Å². The van der Waals surface area contributed by atoms with Crippen molar-refractivity contribution in [3.05, 3.63) is 65.9 Å². The summed E-state index contributed by atoms with van der Waals surface area (Å²) in [4.78, 5) is 13.8. The molecule has 0 heterocycles. The lowest BCUT2D eigenvalue weighted by atomic mass is 10.2. The summed E-state index contributed by atoms with van der Waals surface area (Å²) in [5.74, 6) is -0.380. The van der Waals surface area contributed by atoms with Crippen LogP contribution in [-0.4, -0.2) is 23.9 Å². The van der Waals surface area contributed by atoms with Gasteiger partial charge in [-0.05, 0) is 24.6 Å². The lowest BCUT2D eigenvalue weighted by molar-refractivity contribution is -0.125. The van der Waals surface area contributed by atoms with Gasteiger partial charge in [-0.1, -0.05) is 29.8 Å². The molecule has 0 aromatic heterocycles. The SMILES string of the molecule is C=CCN(CC=C)C(=O)/C(C#N)=C\Nc1cccc(Cl)c1C. The number of carbonyl (C=O) groups is 1. The summed E-state index contributed by atoms with van der Waals surface area (Å²) >= 11 is 6.04. The molecule has 1 rings (SSSR count). The highest BCUT2D eigenvalue weighted by atomic mass is 35.5. The molecule has 5 heteroatoms. The Bertz CT molecular complexity index is 634. The molecule has 0 fully saturated rings. The number of carbonyl (C=O) groups excluding carboxylic acids is 1. The third-order valence-electron chi connectivity index (χ3n) is 2.98. The first-order valence-corrected chi connectivity index (χ1v) is 7.06. The van der Waals surface area contributed by atoms with Gasteiger partial charge in [0.25, 0.3) is 5.91 Å². The van der Waals surface area contributed by atoms with E-state index in [1.54, 1.807) is 24.3 Å². The number of rotatable bonds is 7. The zero-order valence-electron chi connectivity index (χ0n) is 12.5. The van der Waals surface area contributed by atoms with Crippen molar-refractivity contribution in [2.24, 2.45) is 0 Å². The minimum atomic E-state index is -0.380. The number of benzene rings is 1.